The second-order valence-corrected chi connectivity index (χ2v) is 26.0. The highest BCUT2D eigenvalue weighted by atomic mass is 32.2. The first-order chi connectivity index (χ1) is 43.7. The van der Waals surface area contributed by atoms with E-state index in [1.807, 2.05) is 48.5 Å². The van der Waals surface area contributed by atoms with Gasteiger partial charge in [-0.05, 0) is 22.3 Å². The highest BCUT2D eigenvalue weighted by molar-refractivity contribution is 7.98. The Balaban J connectivity index is 0.968. The van der Waals surface area contributed by atoms with Gasteiger partial charge in [0.1, 0.15) is 159 Å². The number of aliphatic hydroxyl groups is 14. The molecule has 16 fully saturated rings. The molecule has 16 saturated heterocycles. The van der Waals surface area contributed by atoms with E-state index in [0.717, 1.165) is 22.3 Å². The molecule has 0 aromatic heterocycles. The minimum absolute atomic E-state index is 0.0282. The van der Waals surface area contributed by atoms with Crippen LogP contribution < -0.4 is 28.7 Å². The van der Waals surface area contributed by atoms with Crippen LogP contribution in [-0.4, -0.2) is 331 Å². The summed E-state index contributed by atoms with van der Waals surface area (Å²) < 4.78 is 86.0. The summed E-state index contributed by atoms with van der Waals surface area (Å²) in [5.41, 5.74) is 34.3. The number of thioether (sulfide) groups is 2. The van der Waals surface area contributed by atoms with Crippen LogP contribution in [0, 0.1) is 0 Å². The number of nitrogens with two attached hydrogens (primary N) is 5. The molecule has 0 amide bonds. The summed E-state index contributed by atoms with van der Waals surface area (Å²) in [7, 11) is 0. The summed E-state index contributed by atoms with van der Waals surface area (Å²) in [5, 5.41) is 165. The van der Waals surface area contributed by atoms with Gasteiger partial charge in [0.15, 0.2) is 44.0 Å². The zero-order valence-corrected chi connectivity index (χ0v) is 50.5. The number of hydrogen-bond donors (Lipinski definition) is 19. The van der Waals surface area contributed by atoms with Crippen LogP contribution in [0.2, 0.25) is 0 Å². The SMILES string of the molecule is NC[C@H]1O[C@@H]2O[C@H]3C(O)C(O)[C@@H]4O[C@@H]3CSCc3ccc(cc3)-c3ccc(cc3)CSC[C@H]3O[C@H](O[C@H]5C(O)C(O)[C@H](O[C@@H]5CN)O[C@H]5C(O)C(O)[C@H](O[C@@H]5CN)O[C@H]1C(O)C2O)C(O)C(O)[C@@H]3O[C@@H]1O[C@H](CN)[C@@H](O[C@H]2O[C@H](CN)[C@@H](O4)C(O)C2O)C(O)C1O. The van der Waals surface area contributed by atoms with Gasteiger partial charge in [-0.25, -0.2) is 0 Å². The molecule has 35 heteroatoms. The lowest BCUT2D eigenvalue weighted by Crippen LogP contribution is -2.68. The van der Waals surface area contributed by atoms with Crippen molar-refractivity contribution in [3.8, 4) is 11.1 Å². The topological polar surface area (TPSA) is 543 Å². The Hall–Kier alpha value is -2.18. The largest absolute Gasteiger partial charge is 0.387 e. The first-order valence-corrected chi connectivity index (χ1v) is 32.5. The van der Waals surface area contributed by atoms with E-state index in [1.165, 1.54) is 23.5 Å². The molecule has 30 aliphatic rings. The second-order valence-electron chi connectivity index (χ2n) is 24.0. The van der Waals surface area contributed by atoms with Gasteiger partial charge in [-0.15, -0.1) is 0 Å². The Morgan fingerprint density at radius 3 is 0.681 bits per heavy atom. The number of ether oxygens (including phenoxy) is 14. The van der Waals surface area contributed by atoms with E-state index in [-0.39, 0.29) is 11.5 Å². The molecular formula is C56H85N5O28S2. The minimum Gasteiger partial charge on any atom is -0.387 e. The number of benzene rings is 2. The molecule has 33 nitrogen and oxygen atoms in total. The van der Waals surface area contributed by atoms with E-state index < -0.39 is 248 Å². The van der Waals surface area contributed by atoms with E-state index in [4.69, 9.17) is 95.0 Å². The van der Waals surface area contributed by atoms with E-state index in [1.54, 1.807) is 0 Å². The fraction of sp³-hybridized carbons (Fsp3) is 0.786. The molecule has 514 valence electrons. The lowest BCUT2D eigenvalue weighted by atomic mass is 9.95. The van der Waals surface area contributed by atoms with Crippen molar-refractivity contribution in [2.75, 3.05) is 44.2 Å². The fourth-order valence-electron chi connectivity index (χ4n) is 12.8. The van der Waals surface area contributed by atoms with Crippen LogP contribution in [0.25, 0.3) is 11.1 Å². The third kappa shape index (κ3) is 14.4. The summed E-state index contributed by atoms with van der Waals surface area (Å²) >= 11 is 2.61. The number of aliphatic hydroxyl groups excluding tert-OH is 14. The van der Waals surface area contributed by atoms with E-state index in [0.29, 0.717) is 11.5 Å². The van der Waals surface area contributed by atoms with Gasteiger partial charge in [-0.3, -0.25) is 0 Å². The molecule has 30 heterocycles. The number of rotatable bonds is 5. The van der Waals surface area contributed by atoms with Crippen molar-refractivity contribution in [2.24, 2.45) is 28.7 Å². The lowest BCUT2D eigenvalue weighted by Gasteiger charge is -2.50. The van der Waals surface area contributed by atoms with Gasteiger partial charge in [0.2, 0.25) is 0 Å². The average molecular weight is 1340 g/mol. The molecule has 20 bridgehead atoms. The van der Waals surface area contributed by atoms with E-state index in [2.05, 4.69) is 0 Å². The Morgan fingerprint density at radius 1 is 0.264 bits per heavy atom. The Bertz CT molecular complexity index is 2620. The molecule has 14 unspecified atom stereocenters. The van der Waals surface area contributed by atoms with Gasteiger partial charge in [0.25, 0.3) is 0 Å². The molecule has 24 N–H and O–H groups in total. The Morgan fingerprint density at radius 2 is 0.462 bits per heavy atom. The molecule has 30 aliphatic heterocycles. The molecule has 91 heavy (non-hydrogen) atoms. The highest BCUT2D eigenvalue weighted by Gasteiger charge is 2.59. The smallest absolute Gasteiger partial charge is 0.187 e. The van der Waals surface area contributed by atoms with Crippen LogP contribution in [0.5, 0.6) is 0 Å². The summed E-state index contributed by atoms with van der Waals surface area (Å²) in [4.78, 5) is 0. The van der Waals surface area contributed by atoms with Crippen LogP contribution >= 0.6 is 23.5 Å². The van der Waals surface area contributed by atoms with Crippen LogP contribution in [0.1, 0.15) is 11.1 Å². The maximum absolute atomic E-state index is 12.1. The van der Waals surface area contributed by atoms with Crippen LogP contribution in [-0.2, 0) is 77.8 Å². The zero-order chi connectivity index (χ0) is 64.9. The third-order valence-corrected chi connectivity index (χ3v) is 20.2. The molecule has 0 radical (unpaired) electrons. The fourth-order valence-corrected chi connectivity index (χ4v) is 14.9. The maximum Gasteiger partial charge on any atom is 0.187 e. The second kappa shape index (κ2) is 30.3. The molecule has 2 aromatic carbocycles. The van der Waals surface area contributed by atoms with E-state index >= 15 is 0 Å². The van der Waals surface area contributed by atoms with Gasteiger partial charge in [-0.1, -0.05) is 48.5 Å². The average Bonchev–Trinajstić information content (AvgIpc) is 0.874. The van der Waals surface area contributed by atoms with Crippen LogP contribution in [0.4, 0.5) is 0 Å². The molecule has 35 atom stereocenters. The molecule has 0 aliphatic carbocycles. The Kier molecular flexibility index (Phi) is 23.4. The summed E-state index contributed by atoms with van der Waals surface area (Å²) in [5.74, 6) is 0.633. The highest BCUT2D eigenvalue weighted by Crippen LogP contribution is 2.40. The quantitative estimate of drug-likeness (QED) is 0.132. The molecule has 0 spiro atoms. The third-order valence-electron chi connectivity index (χ3n) is 18.0. The van der Waals surface area contributed by atoms with Crippen LogP contribution in [0.15, 0.2) is 48.5 Å². The minimum atomic E-state index is -2.05. The van der Waals surface area contributed by atoms with Crippen molar-refractivity contribution < 1.29 is 138 Å². The maximum atomic E-state index is 12.1. The normalized spacial score (nSPS) is 49.6. The van der Waals surface area contributed by atoms with Crippen molar-refractivity contribution in [1.82, 2.24) is 0 Å². The van der Waals surface area contributed by atoms with Crippen molar-refractivity contribution in [3.63, 3.8) is 0 Å². The molecule has 0 saturated carbocycles. The van der Waals surface area contributed by atoms with Crippen molar-refractivity contribution in [2.45, 2.75) is 226 Å². The van der Waals surface area contributed by atoms with Gasteiger partial charge in [0, 0.05) is 55.7 Å². The molecule has 32 rings (SSSR count). The molecular weight excluding hydrogens is 1250 g/mol. The first kappa shape index (κ1) is 70.1. The first-order valence-electron chi connectivity index (χ1n) is 30.2. The van der Waals surface area contributed by atoms with Crippen molar-refractivity contribution >= 4 is 23.5 Å². The summed E-state index contributed by atoms with van der Waals surface area (Å²) in [6.45, 7) is -2.28. The van der Waals surface area contributed by atoms with Gasteiger partial charge >= 0.3 is 0 Å². The van der Waals surface area contributed by atoms with Crippen molar-refractivity contribution in [1.29, 1.82) is 0 Å². The molecule has 2 aromatic rings. The zero-order valence-electron chi connectivity index (χ0n) is 48.9. The van der Waals surface area contributed by atoms with Crippen molar-refractivity contribution in [3.05, 3.63) is 59.7 Å². The standard InChI is InChI=1S/C56H85N5O28S2/c57-9-22-43-29(62)36(69)50(76-22)84-44-23(10-58)79-53(39(72)32(44)65)88-48-27-16-90-14-18-1-5-20(6-2-18)21-7-3-19(4-8-21)15-91-17-28-49(34(67)41(74)55(81-28)86-46-25(12-60)77-51(83-43)37(70)30(46)63)89-54-40(73)33(66)45(24(11-59)80-54)85-52-38(71)31(64)47(26(13-61)78-52)87-56(82-27)42(75)35(48)68/h1-8,22-56,62-75H,9-17,57-61H2/t22-,23-,24-,25-,26-,27-,28-,29?,30?,31?,32?,33?,34?,35?,36?,37?,38?,39?,40?,41?,42?,43-,44-,45-,46-,47-,48-,49-,50-,51-,52-,53-,54+,55-,56-/m1/s1. The Labute approximate surface area is 529 Å². The van der Waals surface area contributed by atoms with Crippen LogP contribution in [0.3, 0.4) is 0 Å². The summed E-state index contributed by atoms with van der Waals surface area (Å²) in [6, 6.07) is 15.3. The predicted molar refractivity (Wildman–Crippen MR) is 308 cm³/mol. The number of hydrogen-bond acceptors (Lipinski definition) is 35. The van der Waals surface area contributed by atoms with Gasteiger partial charge in [-0.2, -0.15) is 23.5 Å². The summed E-state index contributed by atoms with van der Waals surface area (Å²) in [6.07, 6.45) is -62.2. The van der Waals surface area contributed by atoms with Gasteiger partial charge in [0.05, 0.1) is 12.2 Å². The monoisotopic (exact) mass is 1340 g/mol. The van der Waals surface area contributed by atoms with E-state index in [9.17, 15) is 71.5 Å². The lowest BCUT2D eigenvalue weighted by molar-refractivity contribution is -0.390. The van der Waals surface area contributed by atoms with Gasteiger partial charge < -0.3 is 166 Å². The predicted octanol–water partition coefficient (Wildman–Crippen LogP) is -9.54.